The average molecular weight is 400 g/mol. The van der Waals surface area contributed by atoms with Gasteiger partial charge in [-0.05, 0) is 43.3 Å². The molecular formula is C17H21Cl2N4OS+. The number of nitrogens with zero attached hydrogens (tertiary/aromatic N) is 3. The highest BCUT2D eigenvalue weighted by molar-refractivity contribution is 7.71. The molecule has 1 aliphatic rings. The number of likely N-dealkylation sites (tertiary alicyclic amines) is 1. The summed E-state index contributed by atoms with van der Waals surface area (Å²) in [5, 5.41) is 15.7. The highest BCUT2D eigenvalue weighted by Crippen LogP contribution is 2.29. The van der Waals surface area contributed by atoms with E-state index in [0.717, 1.165) is 24.9 Å². The van der Waals surface area contributed by atoms with Gasteiger partial charge >= 0.3 is 0 Å². The second kappa shape index (κ2) is 8.01. The minimum absolute atomic E-state index is 0.252. The molecule has 2 atom stereocenters. The summed E-state index contributed by atoms with van der Waals surface area (Å²) in [6.45, 7) is 6.70. The number of aliphatic hydroxyl groups excluding tert-OH is 1. The molecule has 25 heavy (non-hydrogen) atoms. The summed E-state index contributed by atoms with van der Waals surface area (Å²) in [6.07, 6.45) is 3.41. The Balaban J connectivity index is 1.98. The zero-order chi connectivity index (χ0) is 18.0. The number of nitrogens with one attached hydrogen (secondary N) is 1. The Hall–Kier alpha value is -1.18. The number of hydrogen-bond donors (Lipinski definition) is 2. The van der Waals surface area contributed by atoms with Crippen LogP contribution in [0.5, 0.6) is 0 Å². The molecule has 2 heterocycles. The lowest BCUT2D eigenvalue weighted by Gasteiger charge is -2.26. The lowest BCUT2D eigenvalue weighted by Crippen LogP contribution is -3.13. The quantitative estimate of drug-likeness (QED) is 0.599. The van der Waals surface area contributed by atoms with Gasteiger partial charge in [-0.1, -0.05) is 29.3 Å². The van der Waals surface area contributed by atoms with Crippen molar-refractivity contribution in [3.8, 4) is 11.4 Å². The van der Waals surface area contributed by atoms with Gasteiger partial charge in [0.1, 0.15) is 12.6 Å². The Morgan fingerprint density at radius 3 is 2.92 bits per heavy atom. The number of benzene rings is 1. The summed E-state index contributed by atoms with van der Waals surface area (Å²) in [5.41, 5.74) is 0.784. The van der Waals surface area contributed by atoms with Crippen molar-refractivity contribution in [3.63, 3.8) is 0 Å². The van der Waals surface area contributed by atoms with Crippen molar-refractivity contribution in [1.82, 2.24) is 14.3 Å². The Bertz CT molecular complexity index is 833. The first-order chi connectivity index (χ1) is 12.0. The molecule has 0 radical (unpaired) electrons. The van der Waals surface area contributed by atoms with Gasteiger partial charge in [0, 0.05) is 17.1 Å². The molecule has 2 aromatic rings. The van der Waals surface area contributed by atoms with E-state index in [2.05, 4.69) is 6.58 Å². The van der Waals surface area contributed by atoms with Crippen molar-refractivity contribution in [2.75, 3.05) is 13.1 Å². The van der Waals surface area contributed by atoms with Gasteiger partial charge in [0.25, 0.3) is 0 Å². The van der Waals surface area contributed by atoms with E-state index < -0.39 is 0 Å². The molecule has 134 valence electrons. The van der Waals surface area contributed by atoms with Crippen LogP contribution in [0.25, 0.3) is 11.4 Å². The first-order valence-electron chi connectivity index (χ1n) is 8.25. The van der Waals surface area contributed by atoms with Crippen molar-refractivity contribution < 1.29 is 10.0 Å². The molecule has 0 aliphatic carbocycles. The minimum Gasteiger partial charge on any atom is -0.387 e. The number of piperidine rings is 1. The van der Waals surface area contributed by atoms with Crippen LogP contribution in [0, 0.1) is 4.77 Å². The van der Waals surface area contributed by atoms with Crippen LogP contribution in [0.3, 0.4) is 0 Å². The fourth-order valence-corrected chi connectivity index (χ4v) is 3.95. The first kappa shape index (κ1) is 18.6. The molecule has 0 bridgehead atoms. The van der Waals surface area contributed by atoms with E-state index in [1.54, 1.807) is 18.2 Å². The standard InChI is InChI=1S/C17H20Cl2N4OS/c1-2-7-22-16(14-6-5-12(18)9-15(14)19)20-23(17(22)25)11-21-8-3-4-13(24)10-21/h2,5-6,9,13,24H,1,3-4,7-8,10-11H2/p+1/t13-/m0/s1. The summed E-state index contributed by atoms with van der Waals surface area (Å²) in [5.74, 6) is 0.698. The van der Waals surface area contributed by atoms with Crippen molar-refractivity contribution >= 4 is 35.4 Å². The Kier molecular flexibility index (Phi) is 5.96. The highest BCUT2D eigenvalue weighted by Gasteiger charge is 2.23. The Labute approximate surface area is 162 Å². The molecule has 0 spiro atoms. The number of allylic oxidation sites excluding steroid dienone is 1. The van der Waals surface area contributed by atoms with Gasteiger partial charge in [-0.2, -0.15) is 4.68 Å². The second-order valence-corrected chi connectivity index (χ2v) is 7.50. The maximum atomic E-state index is 9.89. The van der Waals surface area contributed by atoms with Crippen LogP contribution in [-0.4, -0.2) is 38.6 Å². The summed E-state index contributed by atoms with van der Waals surface area (Å²) in [4.78, 5) is 1.27. The monoisotopic (exact) mass is 399 g/mol. The van der Waals surface area contributed by atoms with Crippen molar-refractivity contribution in [2.45, 2.75) is 32.2 Å². The number of halogens is 2. The molecule has 1 aromatic heterocycles. The van der Waals surface area contributed by atoms with Gasteiger partial charge in [-0.3, -0.25) is 4.57 Å². The summed E-state index contributed by atoms with van der Waals surface area (Å²) in [7, 11) is 0. The van der Waals surface area contributed by atoms with Gasteiger partial charge in [-0.25, -0.2) is 0 Å². The number of aromatic nitrogens is 3. The molecule has 3 rings (SSSR count). The lowest BCUT2D eigenvalue weighted by atomic mass is 10.1. The maximum Gasteiger partial charge on any atom is 0.203 e. The van der Waals surface area contributed by atoms with Gasteiger partial charge in [0.2, 0.25) is 4.77 Å². The van der Waals surface area contributed by atoms with Crippen LogP contribution in [0.2, 0.25) is 10.0 Å². The number of hydrogen-bond acceptors (Lipinski definition) is 3. The molecule has 1 aliphatic heterocycles. The summed E-state index contributed by atoms with van der Waals surface area (Å²) >= 11 is 18.0. The third-order valence-electron chi connectivity index (χ3n) is 4.37. The smallest absolute Gasteiger partial charge is 0.203 e. The Morgan fingerprint density at radius 1 is 1.44 bits per heavy atom. The van der Waals surface area contributed by atoms with Crippen LogP contribution >= 0.6 is 35.4 Å². The maximum absolute atomic E-state index is 9.89. The Morgan fingerprint density at radius 2 is 2.24 bits per heavy atom. The number of rotatable bonds is 5. The van der Waals surface area contributed by atoms with Crippen molar-refractivity contribution in [3.05, 3.63) is 45.7 Å². The van der Waals surface area contributed by atoms with E-state index in [9.17, 15) is 5.11 Å². The molecule has 0 amide bonds. The predicted molar refractivity (Wildman–Crippen MR) is 103 cm³/mol. The zero-order valence-electron chi connectivity index (χ0n) is 13.8. The highest BCUT2D eigenvalue weighted by atomic mass is 35.5. The first-order valence-corrected chi connectivity index (χ1v) is 9.41. The van der Waals surface area contributed by atoms with Crippen LogP contribution in [0.1, 0.15) is 12.8 Å². The van der Waals surface area contributed by atoms with Gasteiger partial charge in [0.05, 0.1) is 11.6 Å². The summed E-state index contributed by atoms with van der Waals surface area (Å²) < 4.78 is 4.34. The minimum atomic E-state index is -0.252. The fraction of sp³-hybridized carbons (Fsp3) is 0.412. The van der Waals surface area contributed by atoms with E-state index in [1.165, 1.54) is 4.90 Å². The van der Waals surface area contributed by atoms with E-state index in [1.807, 2.05) is 15.3 Å². The molecule has 5 nitrogen and oxygen atoms in total. The fourth-order valence-electron chi connectivity index (χ4n) is 3.19. The normalized spacial score (nSPS) is 20.6. The van der Waals surface area contributed by atoms with E-state index in [-0.39, 0.29) is 6.10 Å². The molecular weight excluding hydrogens is 379 g/mol. The van der Waals surface area contributed by atoms with Gasteiger partial charge in [0.15, 0.2) is 12.5 Å². The van der Waals surface area contributed by atoms with Crippen LogP contribution in [-0.2, 0) is 13.2 Å². The zero-order valence-corrected chi connectivity index (χ0v) is 16.1. The topological polar surface area (TPSA) is 47.4 Å². The largest absolute Gasteiger partial charge is 0.387 e. The molecule has 8 heteroatoms. The van der Waals surface area contributed by atoms with E-state index in [4.69, 9.17) is 40.5 Å². The SMILES string of the molecule is C=CCn1c(-c2ccc(Cl)cc2Cl)nn(C[NH+]2CCC[C@H](O)C2)c1=S. The number of aliphatic hydroxyl groups is 1. The van der Waals surface area contributed by atoms with Crippen LogP contribution in [0.15, 0.2) is 30.9 Å². The third-order valence-corrected chi connectivity index (χ3v) is 5.35. The predicted octanol–water partition coefficient (Wildman–Crippen LogP) is 2.57. The molecule has 1 fully saturated rings. The summed E-state index contributed by atoms with van der Waals surface area (Å²) in [6, 6.07) is 5.34. The van der Waals surface area contributed by atoms with Gasteiger partial charge in [-0.15, -0.1) is 11.7 Å². The molecule has 0 saturated carbocycles. The lowest BCUT2D eigenvalue weighted by molar-refractivity contribution is -0.931. The van der Waals surface area contributed by atoms with Crippen molar-refractivity contribution in [1.29, 1.82) is 0 Å². The van der Waals surface area contributed by atoms with E-state index in [0.29, 0.717) is 40.4 Å². The van der Waals surface area contributed by atoms with Crippen molar-refractivity contribution in [2.24, 2.45) is 0 Å². The molecule has 2 N–H and O–H groups in total. The second-order valence-electron chi connectivity index (χ2n) is 6.29. The molecule has 1 unspecified atom stereocenters. The van der Waals surface area contributed by atoms with Crippen LogP contribution in [0.4, 0.5) is 0 Å². The van der Waals surface area contributed by atoms with E-state index >= 15 is 0 Å². The molecule has 1 aromatic carbocycles. The average Bonchev–Trinajstić information content (AvgIpc) is 2.85. The molecule has 1 saturated heterocycles. The van der Waals surface area contributed by atoms with Crippen LogP contribution < -0.4 is 4.90 Å². The third kappa shape index (κ3) is 4.15. The number of quaternary nitrogens is 1. The van der Waals surface area contributed by atoms with Gasteiger partial charge < -0.3 is 10.0 Å².